The highest BCUT2D eigenvalue weighted by molar-refractivity contribution is 6.22. The van der Waals surface area contributed by atoms with Crippen LogP contribution in [-0.2, 0) is 5.41 Å². The van der Waals surface area contributed by atoms with E-state index in [1.165, 1.54) is 87.6 Å². The number of hydrogen-bond acceptors (Lipinski definition) is 0. The first kappa shape index (κ1) is 24.4. The van der Waals surface area contributed by atoms with Gasteiger partial charge in [-0.1, -0.05) is 147 Å². The van der Waals surface area contributed by atoms with Crippen molar-refractivity contribution in [3.63, 3.8) is 0 Å². The molecule has 8 aromatic rings. The molecular weight excluding hydrogens is 516 g/mol. The fourth-order valence-corrected chi connectivity index (χ4v) is 7.87. The first-order valence-electron chi connectivity index (χ1n) is 15.2. The maximum Gasteiger partial charge on any atom is 0.0165 e. The number of rotatable bonds is 2. The van der Waals surface area contributed by atoms with Crippen LogP contribution in [0.2, 0.25) is 0 Å². The smallest absolute Gasteiger partial charge is 0.0165 e. The molecule has 0 saturated carbocycles. The predicted molar refractivity (Wildman–Crippen MR) is 185 cm³/mol. The normalized spacial score (nSPS) is 13.5. The van der Waals surface area contributed by atoms with Gasteiger partial charge < -0.3 is 0 Å². The maximum atomic E-state index is 2.46. The third kappa shape index (κ3) is 3.44. The molecule has 0 spiro atoms. The minimum atomic E-state index is -0.0614. The van der Waals surface area contributed by atoms with Gasteiger partial charge in [0.2, 0.25) is 0 Å². The average molecular weight is 547 g/mol. The molecule has 9 rings (SSSR count). The van der Waals surface area contributed by atoms with Crippen molar-refractivity contribution >= 4 is 43.1 Å². The van der Waals surface area contributed by atoms with Crippen LogP contribution in [0.5, 0.6) is 0 Å². The Hall–Kier alpha value is -5.20. The highest BCUT2D eigenvalue weighted by atomic mass is 14.4. The molecule has 0 saturated heterocycles. The lowest BCUT2D eigenvalue weighted by Crippen LogP contribution is -2.15. The van der Waals surface area contributed by atoms with Crippen molar-refractivity contribution in [2.45, 2.75) is 19.3 Å². The monoisotopic (exact) mass is 546 g/mol. The van der Waals surface area contributed by atoms with Gasteiger partial charge in [0.1, 0.15) is 0 Å². The van der Waals surface area contributed by atoms with E-state index in [-0.39, 0.29) is 5.41 Å². The summed E-state index contributed by atoms with van der Waals surface area (Å²) >= 11 is 0. The summed E-state index contributed by atoms with van der Waals surface area (Å²) in [5, 5.41) is 10.4. The SMILES string of the molecule is CC1(C)c2ccc(-c3c4ccccc4c(-c4ccc5ccccc5c4)c4ccccc34)cc2-c2ccc3ccccc3c21. The first-order valence-corrected chi connectivity index (χ1v) is 15.2. The summed E-state index contributed by atoms with van der Waals surface area (Å²) in [6.07, 6.45) is 0. The van der Waals surface area contributed by atoms with Crippen LogP contribution in [0.4, 0.5) is 0 Å². The van der Waals surface area contributed by atoms with Crippen LogP contribution in [0.3, 0.4) is 0 Å². The van der Waals surface area contributed by atoms with Gasteiger partial charge in [-0.15, -0.1) is 0 Å². The van der Waals surface area contributed by atoms with E-state index in [0.717, 1.165) is 0 Å². The molecule has 1 aliphatic carbocycles. The fourth-order valence-electron chi connectivity index (χ4n) is 7.87. The average Bonchev–Trinajstić information content (AvgIpc) is 3.29. The van der Waals surface area contributed by atoms with Crippen LogP contribution in [0, 0.1) is 0 Å². The summed E-state index contributed by atoms with van der Waals surface area (Å²) < 4.78 is 0. The van der Waals surface area contributed by atoms with Crippen molar-refractivity contribution in [3.05, 3.63) is 157 Å². The van der Waals surface area contributed by atoms with Crippen LogP contribution in [0.15, 0.2) is 146 Å². The van der Waals surface area contributed by atoms with E-state index in [0.29, 0.717) is 0 Å². The molecular formula is C43H30. The van der Waals surface area contributed by atoms with Gasteiger partial charge in [-0.2, -0.15) is 0 Å². The molecule has 0 N–H and O–H groups in total. The van der Waals surface area contributed by atoms with E-state index in [2.05, 4.69) is 159 Å². The molecule has 43 heavy (non-hydrogen) atoms. The third-order valence-electron chi connectivity index (χ3n) is 9.80. The molecule has 0 nitrogen and oxygen atoms in total. The lowest BCUT2D eigenvalue weighted by Gasteiger charge is -2.23. The minimum absolute atomic E-state index is 0.0614. The Morgan fingerprint density at radius 1 is 0.372 bits per heavy atom. The molecule has 0 atom stereocenters. The Morgan fingerprint density at radius 3 is 1.51 bits per heavy atom. The van der Waals surface area contributed by atoms with Crippen LogP contribution < -0.4 is 0 Å². The third-order valence-corrected chi connectivity index (χ3v) is 9.80. The Labute approximate surface area is 251 Å². The zero-order chi connectivity index (χ0) is 28.7. The van der Waals surface area contributed by atoms with Crippen LogP contribution in [-0.4, -0.2) is 0 Å². The highest BCUT2D eigenvalue weighted by Gasteiger charge is 2.37. The topological polar surface area (TPSA) is 0 Å². The molecule has 0 fully saturated rings. The van der Waals surface area contributed by atoms with Gasteiger partial charge in [0.15, 0.2) is 0 Å². The van der Waals surface area contributed by atoms with E-state index in [9.17, 15) is 0 Å². The van der Waals surface area contributed by atoms with Crippen molar-refractivity contribution in [2.24, 2.45) is 0 Å². The highest BCUT2D eigenvalue weighted by Crippen LogP contribution is 2.53. The summed E-state index contributed by atoms with van der Waals surface area (Å²) in [5.41, 5.74) is 10.7. The molecule has 202 valence electrons. The first-order chi connectivity index (χ1) is 21.1. The zero-order valence-corrected chi connectivity index (χ0v) is 24.4. The number of hydrogen-bond donors (Lipinski definition) is 0. The van der Waals surface area contributed by atoms with Crippen LogP contribution in [0.25, 0.3) is 76.5 Å². The van der Waals surface area contributed by atoms with Crippen molar-refractivity contribution in [1.29, 1.82) is 0 Å². The van der Waals surface area contributed by atoms with Gasteiger partial charge in [-0.05, 0) is 99.7 Å². The van der Waals surface area contributed by atoms with Crippen LogP contribution >= 0.6 is 0 Å². The Kier molecular flexibility index (Phi) is 5.05. The van der Waals surface area contributed by atoms with E-state index in [4.69, 9.17) is 0 Å². The lowest BCUT2D eigenvalue weighted by molar-refractivity contribution is 0.666. The van der Waals surface area contributed by atoms with Crippen LogP contribution in [0.1, 0.15) is 25.0 Å². The standard InChI is InChI=1S/C43H30/c1-43(2)39-24-22-31(26-38(39)37-23-21-28-12-5-6-14-32(28)42(37)43)41-35-17-9-7-15-33(35)40(34-16-8-10-18-36(34)41)30-20-19-27-11-3-4-13-29(27)25-30/h3-26H,1-2H3. The molecule has 0 amide bonds. The van der Waals surface area contributed by atoms with Gasteiger partial charge in [-0.25, -0.2) is 0 Å². The molecule has 1 aliphatic rings. The Balaban J connectivity index is 1.34. The Morgan fingerprint density at radius 2 is 0.860 bits per heavy atom. The second-order valence-electron chi connectivity index (χ2n) is 12.5. The largest absolute Gasteiger partial charge is 0.0616 e. The molecule has 8 aromatic carbocycles. The Bertz CT molecular complexity index is 2360. The molecule has 0 radical (unpaired) electrons. The van der Waals surface area contributed by atoms with E-state index >= 15 is 0 Å². The maximum absolute atomic E-state index is 2.46. The van der Waals surface area contributed by atoms with Gasteiger partial charge in [0.25, 0.3) is 0 Å². The van der Waals surface area contributed by atoms with Crippen molar-refractivity contribution in [2.75, 3.05) is 0 Å². The molecule has 0 aromatic heterocycles. The number of fused-ring (bicyclic) bond motifs is 8. The second-order valence-corrected chi connectivity index (χ2v) is 12.5. The molecule has 0 aliphatic heterocycles. The van der Waals surface area contributed by atoms with Crippen molar-refractivity contribution in [3.8, 4) is 33.4 Å². The summed E-state index contributed by atoms with van der Waals surface area (Å²) in [7, 11) is 0. The van der Waals surface area contributed by atoms with Crippen molar-refractivity contribution in [1.82, 2.24) is 0 Å². The van der Waals surface area contributed by atoms with Crippen molar-refractivity contribution < 1.29 is 0 Å². The van der Waals surface area contributed by atoms with Gasteiger partial charge in [0, 0.05) is 5.41 Å². The van der Waals surface area contributed by atoms with Gasteiger partial charge >= 0.3 is 0 Å². The zero-order valence-electron chi connectivity index (χ0n) is 24.4. The number of benzene rings is 8. The van der Waals surface area contributed by atoms with E-state index in [1.807, 2.05) is 0 Å². The van der Waals surface area contributed by atoms with Gasteiger partial charge in [-0.3, -0.25) is 0 Å². The predicted octanol–water partition coefficient (Wildman–Crippen LogP) is 11.9. The molecule has 0 bridgehead atoms. The molecule has 0 heterocycles. The lowest BCUT2D eigenvalue weighted by atomic mass is 9.80. The summed E-state index contributed by atoms with van der Waals surface area (Å²) in [4.78, 5) is 0. The summed E-state index contributed by atoms with van der Waals surface area (Å²) in [5.74, 6) is 0. The molecule has 0 heteroatoms. The quantitative estimate of drug-likeness (QED) is 0.189. The van der Waals surface area contributed by atoms with E-state index < -0.39 is 0 Å². The molecule has 0 unspecified atom stereocenters. The summed E-state index contributed by atoms with van der Waals surface area (Å²) in [6.45, 7) is 4.76. The van der Waals surface area contributed by atoms with Gasteiger partial charge in [0.05, 0.1) is 0 Å². The second kappa shape index (κ2) is 8.90. The van der Waals surface area contributed by atoms with E-state index in [1.54, 1.807) is 0 Å². The summed E-state index contributed by atoms with van der Waals surface area (Å²) in [6, 6.07) is 54.1. The fraction of sp³-hybridized carbons (Fsp3) is 0.0698. The minimum Gasteiger partial charge on any atom is -0.0616 e.